The molecular weight excluding hydrogens is 420 g/mol. The van der Waals surface area contributed by atoms with Crippen molar-refractivity contribution in [3.05, 3.63) is 81.7 Å². The number of carbonyl (C=O) groups excluding carboxylic acids is 1. The molecule has 0 radical (unpaired) electrons. The normalized spacial score (nSPS) is 10.8. The summed E-state index contributed by atoms with van der Waals surface area (Å²) in [4.78, 5) is 30.5. The first kappa shape index (κ1) is 20.1. The molecule has 2 aromatic heterocycles. The van der Waals surface area contributed by atoms with E-state index in [1.54, 1.807) is 12.1 Å². The van der Waals surface area contributed by atoms with Crippen LogP contribution in [0.4, 0.5) is 5.69 Å². The monoisotopic (exact) mass is 438 g/mol. The minimum Gasteiger partial charge on any atom is -0.484 e. The van der Waals surface area contributed by atoms with Crippen molar-refractivity contribution in [2.45, 2.75) is 17.6 Å². The van der Waals surface area contributed by atoms with Gasteiger partial charge in [-0.05, 0) is 31.2 Å². The van der Waals surface area contributed by atoms with Crippen LogP contribution in [0.15, 0.2) is 70.4 Å². The topological polar surface area (TPSA) is 85.6 Å². The highest BCUT2D eigenvalue weighted by Gasteiger charge is 2.11. The van der Waals surface area contributed by atoms with E-state index in [2.05, 4.69) is 15.4 Å². The Hall–Kier alpha value is -3.17. The number of ether oxygens (including phenoxy) is 1. The van der Waals surface area contributed by atoms with Crippen molar-refractivity contribution in [2.75, 3.05) is 11.9 Å². The van der Waals surface area contributed by atoms with Crippen LogP contribution in [-0.4, -0.2) is 27.1 Å². The van der Waals surface area contributed by atoms with E-state index < -0.39 is 0 Å². The average molecular weight is 439 g/mol. The van der Waals surface area contributed by atoms with Gasteiger partial charge in [0.1, 0.15) is 10.8 Å². The summed E-state index contributed by atoms with van der Waals surface area (Å²) in [6.45, 7) is 1.76. The Kier molecular flexibility index (Phi) is 6.10. The van der Waals surface area contributed by atoms with E-state index in [9.17, 15) is 9.59 Å². The SMILES string of the molecule is Cc1nn2c(=O)cc(CSc3ccccc3NC(=O)COc3ccccc3)nc2s1. The van der Waals surface area contributed by atoms with Gasteiger partial charge >= 0.3 is 0 Å². The molecule has 0 aliphatic rings. The van der Waals surface area contributed by atoms with Crippen molar-refractivity contribution in [1.82, 2.24) is 14.6 Å². The van der Waals surface area contributed by atoms with Crippen LogP contribution in [-0.2, 0) is 10.5 Å². The Bertz CT molecular complexity index is 1240. The number of hydrogen-bond donors (Lipinski definition) is 1. The van der Waals surface area contributed by atoms with Gasteiger partial charge in [-0.15, -0.1) is 11.8 Å². The second-order valence-corrected chi connectivity index (χ2v) is 8.51. The highest BCUT2D eigenvalue weighted by molar-refractivity contribution is 7.98. The molecule has 0 bridgehead atoms. The molecule has 2 aromatic carbocycles. The Morgan fingerprint density at radius 3 is 2.77 bits per heavy atom. The molecule has 0 aliphatic carbocycles. The van der Waals surface area contributed by atoms with Gasteiger partial charge in [-0.3, -0.25) is 9.59 Å². The Labute approximate surface area is 180 Å². The molecule has 0 saturated heterocycles. The molecule has 0 spiro atoms. The van der Waals surface area contributed by atoms with E-state index in [1.807, 2.05) is 49.4 Å². The highest BCUT2D eigenvalue weighted by Crippen LogP contribution is 2.29. The number of rotatable bonds is 7. The van der Waals surface area contributed by atoms with Crippen LogP contribution in [0.5, 0.6) is 5.75 Å². The van der Waals surface area contributed by atoms with Gasteiger partial charge < -0.3 is 10.1 Å². The smallest absolute Gasteiger partial charge is 0.275 e. The van der Waals surface area contributed by atoms with Crippen LogP contribution < -0.4 is 15.6 Å². The lowest BCUT2D eigenvalue weighted by atomic mass is 10.3. The summed E-state index contributed by atoms with van der Waals surface area (Å²) in [7, 11) is 0. The molecule has 9 heteroatoms. The summed E-state index contributed by atoms with van der Waals surface area (Å²) < 4.78 is 6.81. The molecule has 4 rings (SSSR count). The summed E-state index contributed by atoms with van der Waals surface area (Å²) in [6, 6.07) is 18.2. The molecule has 4 aromatic rings. The van der Waals surface area contributed by atoms with Crippen molar-refractivity contribution < 1.29 is 9.53 Å². The number of para-hydroxylation sites is 2. The van der Waals surface area contributed by atoms with Gasteiger partial charge in [0.2, 0.25) is 4.96 Å². The van der Waals surface area contributed by atoms with Crippen molar-refractivity contribution in [3.63, 3.8) is 0 Å². The van der Waals surface area contributed by atoms with E-state index in [1.165, 1.54) is 33.7 Å². The summed E-state index contributed by atoms with van der Waals surface area (Å²) in [5.74, 6) is 0.891. The molecule has 0 saturated carbocycles. The largest absolute Gasteiger partial charge is 0.484 e. The quantitative estimate of drug-likeness (QED) is 0.442. The summed E-state index contributed by atoms with van der Waals surface area (Å²) in [5.41, 5.74) is 1.16. The van der Waals surface area contributed by atoms with E-state index >= 15 is 0 Å². The van der Waals surface area contributed by atoms with Crippen LogP contribution in [0.25, 0.3) is 4.96 Å². The fourth-order valence-corrected chi connectivity index (χ4v) is 4.39. The third-order valence-corrected chi connectivity index (χ3v) is 5.98. The number of aryl methyl sites for hydroxylation is 1. The lowest BCUT2D eigenvalue weighted by Crippen LogP contribution is -2.20. The number of amides is 1. The molecule has 30 heavy (non-hydrogen) atoms. The molecule has 2 heterocycles. The predicted octanol–water partition coefficient (Wildman–Crippen LogP) is 3.77. The van der Waals surface area contributed by atoms with Crippen molar-refractivity contribution >= 4 is 39.7 Å². The molecule has 7 nitrogen and oxygen atoms in total. The first-order valence-electron chi connectivity index (χ1n) is 9.14. The van der Waals surface area contributed by atoms with Gasteiger partial charge in [0.25, 0.3) is 11.5 Å². The summed E-state index contributed by atoms with van der Waals surface area (Å²) >= 11 is 2.88. The van der Waals surface area contributed by atoms with Crippen molar-refractivity contribution in [3.8, 4) is 5.75 Å². The maximum atomic E-state index is 12.3. The van der Waals surface area contributed by atoms with Gasteiger partial charge in [0, 0.05) is 16.7 Å². The van der Waals surface area contributed by atoms with E-state index in [4.69, 9.17) is 4.74 Å². The fraction of sp³-hybridized carbons (Fsp3) is 0.143. The number of anilines is 1. The Balaban J connectivity index is 1.42. The lowest BCUT2D eigenvalue weighted by molar-refractivity contribution is -0.118. The number of thioether (sulfide) groups is 1. The standard InChI is InChI=1S/C21H18N4O3S2/c1-14-24-25-20(27)11-15(22-21(25)30-14)13-29-18-10-6-5-9-17(18)23-19(26)12-28-16-7-3-2-4-8-16/h2-11H,12-13H2,1H3,(H,23,26). The molecule has 0 atom stereocenters. The van der Waals surface area contributed by atoms with Crippen LogP contribution >= 0.6 is 23.1 Å². The first-order chi connectivity index (χ1) is 14.6. The molecule has 0 fully saturated rings. The third-order valence-electron chi connectivity index (χ3n) is 4.05. The second kappa shape index (κ2) is 9.10. The maximum Gasteiger partial charge on any atom is 0.275 e. The minimum atomic E-state index is -0.246. The molecule has 0 aliphatic heterocycles. The predicted molar refractivity (Wildman–Crippen MR) is 118 cm³/mol. The zero-order valence-corrected chi connectivity index (χ0v) is 17.7. The molecule has 0 unspecified atom stereocenters. The first-order valence-corrected chi connectivity index (χ1v) is 10.9. The van der Waals surface area contributed by atoms with Crippen molar-refractivity contribution in [1.29, 1.82) is 0 Å². The van der Waals surface area contributed by atoms with Crippen molar-refractivity contribution in [2.24, 2.45) is 0 Å². The molecule has 1 amide bonds. The second-order valence-electron chi connectivity index (χ2n) is 6.34. The summed E-state index contributed by atoms with van der Waals surface area (Å²) in [5, 5.41) is 7.82. The summed E-state index contributed by atoms with van der Waals surface area (Å²) in [6.07, 6.45) is 0. The van der Waals surface area contributed by atoms with Gasteiger partial charge in [0.05, 0.1) is 11.4 Å². The van der Waals surface area contributed by atoms with Crippen LogP contribution in [0, 0.1) is 6.92 Å². The fourth-order valence-electron chi connectivity index (χ4n) is 2.73. The average Bonchev–Trinajstić information content (AvgIpc) is 3.13. The Morgan fingerprint density at radius 1 is 1.17 bits per heavy atom. The van der Waals surface area contributed by atoms with Gasteiger partial charge in [0.15, 0.2) is 6.61 Å². The van der Waals surface area contributed by atoms with Crippen LogP contribution in [0.3, 0.4) is 0 Å². The maximum absolute atomic E-state index is 12.3. The van der Waals surface area contributed by atoms with E-state index in [0.717, 1.165) is 9.90 Å². The number of nitrogens with zero attached hydrogens (tertiary/aromatic N) is 3. The highest BCUT2D eigenvalue weighted by atomic mass is 32.2. The lowest BCUT2D eigenvalue weighted by Gasteiger charge is -2.11. The van der Waals surface area contributed by atoms with E-state index in [0.29, 0.717) is 27.8 Å². The minimum absolute atomic E-state index is 0.0806. The molecule has 1 N–H and O–H groups in total. The number of carbonyl (C=O) groups is 1. The molecule has 152 valence electrons. The van der Waals surface area contributed by atoms with Crippen LogP contribution in [0.1, 0.15) is 10.7 Å². The zero-order valence-electron chi connectivity index (χ0n) is 16.1. The van der Waals surface area contributed by atoms with Gasteiger partial charge in [-0.2, -0.15) is 9.61 Å². The number of aromatic nitrogens is 3. The zero-order chi connectivity index (χ0) is 20.9. The van der Waals surface area contributed by atoms with Gasteiger partial charge in [-0.1, -0.05) is 41.7 Å². The number of fused-ring (bicyclic) bond motifs is 1. The van der Waals surface area contributed by atoms with E-state index in [-0.39, 0.29) is 18.1 Å². The van der Waals surface area contributed by atoms with Crippen LogP contribution in [0.2, 0.25) is 0 Å². The van der Waals surface area contributed by atoms with Gasteiger partial charge in [-0.25, -0.2) is 4.98 Å². The number of benzene rings is 2. The number of hydrogen-bond acceptors (Lipinski definition) is 7. The third kappa shape index (κ3) is 4.87. The Morgan fingerprint density at radius 2 is 1.93 bits per heavy atom. The number of nitrogens with one attached hydrogen (secondary N) is 1. The molecular formula is C21H18N4O3S2.